The molecule has 0 fully saturated rings. The fraction of sp³-hybridized carbons (Fsp3) is 0.494. The molecule has 3 aliphatic rings. The van der Waals surface area contributed by atoms with Crippen LogP contribution in [0.15, 0.2) is 165 Å². The number of hydrogen-bond donors (Lipinski definition) is 8. The van der Waals surface area contributed by atoms with Crippen LogP contribution < -0.4 is 51.3 Å². The van der Waals surface area contributed by atoms with E-state index in [1.54, 1.807) is 32.8 Å². The average molecular weight is 1860 g/mol. The van der Waals surface area contributed by atoms with Crippen molar-refractivity contribution in [3.8, 4) is 0 Å². The van der Waals surface area contributed by atoms with Crippen LogP contribution in [0.4, 0.5) is 0 Å². The number of nitrogens with one attached hydrogen (secondary N) is 5. The first-order valence-corrected chi connectivity index (χ1v) is 53.6. The van der Waals surface area contributed by atoms with E-state index >= 15 is 0 Å². The number of nitrogens with two attached hydrogens (primary N) is 1. The number of fused-ring (bicyclic) bond motifs is 3. The monoisotopic (exact) mass is 1860 g/mol. The quantitative estimate of drug-likeness (QED) is 0.0170. The molecule has 0 saturated heterocycles. The maximum absolute atomic E-state index is 13.6. The zero-order valence-electron chi connectivity index (χ0n) is 69.5. The lowest BCUT2D eigenvalue weighted by Gasteiger charge is -2.44. The van der Waals surface area contributed by atoms with Crippen molar-refractivity contribution in [2.75, 3.05) is 100 Å². The number of thiophene rings is 3. The van der Waals surface area contributed by atoms with E-state index < -0.39 is 124 Å². The predicted octanol–water partition coefficient (Wildman–Crippen LogP) is 5.96. The number of aliphatic hydroxyl groups excluding tert-OH is 1. The fourth-order valence-corrected chi connectivity index (χ4v) is 37.5. The van der Waals surface area contributed by atoms with Gasteiger partial charge in [0.25, 0.3) is 78.6 Å². The molecule has 3 aromatic heterocycles. The molecule has 119 heavy (non-hydrogen) atoms. The lowest BCUT2D eigenvalue weighted by molar-refractivity contribution is -0.144. The zero-order valence-corrected chi connectivity index (χ0v) is 78.9. The summed E-state index contributed by atoms with van der Waals surface area (Å²) in [5.41, 5.74) is 1.22. The third kappa shape index (κ3) is 23.9. The van der Waals surface area contributed by atoms with Gasteiger partial charge in [-0.05, 0) is 109 Å². The summed E-state index contributed by atoms with van der Waals surface area (Å²) in [4.78, 5) is 36.6. The molecule has 0 radical (unpaired) electrons. The Morgan fingerprint density at radius 2 is 0.748 bits per heavy atom. The van der Waals surface area contributed by atoms with Crippen molar-refractivity contribution in [1.29, 1.82) is 0 Å². The van der Waals surface area contributed by atoms with Crippen molar-refractivity contribution < 1.29 is 98.2 Å². The number of ether oxygens (including phenoxy) is 3. The molecule has 6 atom stereocenters. The Balaban J connectivity index is 0.000000229. The summed E-state index contributed by atoms with van der Waals surface area (Å²) >= 11 is 1.95. The van der Waals surface area contributed by atoms with Crippen LogP contribution in [0.2, 0.25) is 10.1 Å². The third-order valence-electron chi connectivity index (χ3n) is 19.7. The minimum absolute atomic E-state index is 0.0402. The van der Waals surface area contributed by atoms with Gasteiger partial charge in [0.1, 0.15) is 43.6 Å². The van der Waals surface area contributed by atoms with Crippen LogP contribution in [-0.2, 0) is 97.6 Å². The highest BCUT2D eigenvalue weighted by molar-refractivity contribution is 7.95. The minimum Gasteiger partial charge on any atom is -0.479 e. The maximum Gasteiger partial charge on any atom is 0.331 e. The van der Waals surface area contributed by atoms with Gasteiger partial charge in [-0.3, -0.25) is 9.59 Å². The highest BCUT2D eigenvalue weighted by Crippen LogP contribution is 2.45. The lowest BCUT2D eigenvalue weighted by Crippen LogP contribution is -2.68. The molecule has 10 rings (SSSR count). The van der Waals surface area contributed by atoms with Crippen LogP contribution >= 0.6 is 34.0 Å². The molecule has 0 aliphatic carbocycles. The summed E-state index contributed by atoms with van der Waals surface area (Å²) < 4.78 is 189. The van der Waals surface area contributed by atoms with E-state index in [1.807, 2.05) is 118 Å². The number of aliphatic carboxylic acids is 1. The summed E-state index contributed by atoms with van der Waals surface area (Å²) in [5, 5.41) is 36.9. The van der Waals surface area contributed by atoms with Gasteiger partial charge in [0.15, 0.2) is 0 Å². The van der Waals surface area contributed by atoms with Crippen molar-refractivity contribution in [2.24, 2.45) is 5.14 Å². The number of aliphatic hydroxyl groups is 1. The van der Waals surface area contributed by atoms with Gasteiger partial charge in [0.05, 0.1) is 0 Å². The number of amides is 2. The van der Waals surface area contributed by atoms with Gasteiger partial charge in [-0.1, -0.05) is 184 Å². The van der Waals surface area contributed by atoms with Crippen molar-refractivity contribution >= 4 is 149 Å². The largest absolute Gasteiger partial charge is 0.479 e. The van der Waals surface area contributed by atoms with Gasteiger partial charge in [0, 0.05) is 115 Å². The van der Waals surface area contributed by atoms with E-state index in [9.17, 15) is 75.1 Å². The second-order valence-corrected chi connectivity index (χ2v) is 53.9. The summed E-state index contributed by atoms with van der Waals surface area (Å²) in [5.74, 6) is -2.85. The predicted molar refractivity (Wildman–Crippen MR) is 466 cm³/mol. The number of carbonyl (C=O) groups excluding carboxylic acids is 2. The number of carboxylic acids is 1. The maximum atomic E-state index is 13.6. The van der Waals surface area contributed by atoms with Crippen molar-refractivity contribution in [1.82, 2.24) is 38.3 Å². The van der Waals surface area contributed by atoms with Crippen LogP contribution in [0, 0.1) is 0 Å². The zero-order chi connectivity index (χ0) is 88.5. The van der Waals surface area contributed by atoms with E-state index in [2.05, 4.69) is 86.5 Å². The van der Waals surface area contributed by atoms with Crippen LogP contribution in [0.5, 0.6) is 0 Å². The number of carboxylic acid groups (broad SMARTS) is 1. The van der Waals surface area contributed by atoms with Crippen molar-refractivity contribution in [3.05, 3.63) is 156 Å². The van der Waals surface area contributed by atoms with Gasteiger partial charge in [-0.2, -0.15) is 12.9 Å². The first-order chi connectivity index (χ1) is 55.7. The molecular weight excluding hydrogens is 1750 g/mol. The van der Waals surface area contributed by atoms with Gasteiger partial charge in [0.2, 0.25) is 10.0 Å². The smallest absolute Gasteiger partial charge is 0.331 e. The Hall–Kier alpha value is -6.00. The molecular formula is C77H113N9O22S9Si2. The van der Waals surface area contributed by atoms with Crippen molar-refractivity contribution in [3.63, 3.8) is 0 Å². The number of sulfonamides is 6. The second-order valence-electron chi connectivity index (χ2n) is 30.2. The van der Waals surface area contributed by atoms with Gasteiger partial charge < -0.3 is 49.2 Å². The Labute approximate surface area is 715 Å². The van der Waals surface area contributed by atoms with Crippen LogP contribution in [-0.4, -0.2) is 226 Å². The van der Waals surface area contributed by atoms with E-state index in [4.69, 9.17) is 28.2 Å². The van der Waals surface area contributed by atoms with E-state index in [-0.39, 0.29) is 75.1 Å². The topological polar surface area (TPSA) is 439 Å². The summed E-state index contributed by atoms with van der Waals surface area (Å²) in [6, 6.07) is 42.6. The fourth-order valence-electron chi connectivity index (χ4n) is 14.0. The molecule has 0 unspecified atom stereocenters. The molecule has 6 heterocycles. The number of hydrogen-bond acceptors (Lipinski definition) is 27. The average Bonchev–Trinajstić information content (AvgIpc) is 1.68. The van der Waals surface area contributed by atoms with Crippen LogP contribution in [0.25, 0.3) is 0 Å². The second kappa shape index (κ2) is 42.6. The minimum atomic E-state index is -4.42. The normalized spacial score (nSPS) is 18.3. The van der Waals surface area contributed by atoms with Gasteiger partial charge in [-0.15, -0.1) is 34.0 Å². The molecule has 31 nitrogen and oxygen atoms in total. The van der Waals surface area contributed by atoms with Gasteiger partial charge in [-0.25, -0.2) is 69.9 Å². The molecule has 42 heteroatoms. The summed E-state index contributed by atoms with van der Waals surface area (Å²) in [6.07, 6.45) is -1.95. The molecule has 2 amide bonds. The summed E-state index contributed by atoms with van der Waals surface area (Å²) in [6.45, 7) is 27.0. The molecule has 0 bridgehead atoms. The van der Waals surface area contributed by atoms with Crippen molar-refractivity contribution in [2.45, 2.75) is 174 Å². The Morgan fingerprint density at radius 3 is 1.00 bits per heavy atom. The van der Waals surface area contributed by atoms with Gasteiger partial charge >= 0.3 is 5.97 Å². The van der Waals surface area contributed by atoms with E-state index in [1.165, 1.54) is 38.2 Å². The number of likely N-dealkylation sites (N-methyl/N-ethyl adjacent to an activating group) is 3. The molecule has 660 valence electrons. The highest BCUT2D eigenvalue weighted by atomic mass is 32.3. The number of benzene rings is 4. The SMILES string of the molecule is CCN[C@H]1CN(CCCOC)S(=O)(=O)c2sc(S(=O)(=O)NC(=O)[C@H](C)O)cc21.CCN[C@H]1CN(CCCOC)S(=O)(=O)c2sc(S(=O)(=O)NC(=O)[C@H](C)O[Si](c3ccccc3)(c3ccccc3)C(C)(C)C)cc21.CCN[C@H]1CN(CCCOC)S(=O)(=O)c2sc(S(N)(=O)=O)cc21.C[C@H](O[Si](c1ccccc1)(c1ccccc1)C(C)(C)C)C(=O)O. The van der Waals surface area contributed by atoms with Crippen LogP contribution in [0.3, 0.4) is 0 Å². The van der Waals surface area contributed by atoms with E-state index in [0.717, 1.165) is 27.7 Å². The third-order valence-corrected chi connectivity index (χ3v) is 45.6. The molecule has 4 aromatic carbocycles. The molecule has 7 aromatic rings. The molecule has 0 saturated carbocycles. The number of rotatable bonds is 34. The molecule has 9 N–H and O–H groups in total. The number of nitrogens with zero attached hydrogens (tertiary/aromatic N) is 3. The van der Waals surface area contributed by atoms with Crippen LogP contribution in [0.1, 0.15) is 137 Å². The molecule has 0 spiro atoms. The Bertz CT molecular complexity index is 5180. The van der Waals surface area contributed by atoms with E-state index in [0.29, 0.717) is 116 Å². The first kappa shape index (κ1) is 100. The number of primary sulfonamides is 1. The Kier molecular flexibility index (Phi) is 35.8. The summed E-state index contributed by atoms with van der Waals surface area (Å²) in [7, 11) is -25.5. The first-order valence-electron chi connectivity index (χ1n) is 38.5. The number of methoxy groups -OCH3 is 3. The molecule has 3 aliphatic heterocycles. The lowest BCUT2D eigenvalue weighted by atomic mass is 10.1. The highest BCUT2D eigenvalue weighted by Gasteiger charge is 2.54. The standard InChI is InChI=1S/C31H43N3O7S3Si.C19H24O3Si.C15H25N3O7S3.C12H21N3O5S3/c1-7-32-27-22-34(19-14-20-40-6)44(38,39)30-26(27)21-28(42-30)43(36,37)33-29(35)23(2)41-45(31(3,4)5,24-15-10-8-11-16-24)25-17-12-9-13-18-25;1-15(18(20)21)22-23(19(2,3)4,16-11-7-5-8-12-16)17-13-9-6-10-14-17;1-4-16-12-9-18(6-5-7-25-3)28(23,24)15-11(12)8-13(26-15)27(21,22)17-14(20)10(2)19;1-3-14-10-8-15(5-4-6-20-2)23(18,19)12-9(10)7-11(21-12)22(13,16)17/h8-13,15-18,21,23,27,32H,7,14,19-20,22H2,1-6H3,(H,33,35);5-15H,1-4H3,(H,20,21);8,10,12,16,19H,4-7,9H2,1-3H3,(H,17,20);7,10,14H,3-6,8H2,1-2H3,(H2,13,16,17)/t23-,27-;15-;10-,12-;10-/m0000/s1. The number of carbonyl (C=O) groups is 3. The Morgan fingerprint density at radius 1 is 0.479 bits per heavy atom.